The number of carbonyl (C=O) groups is 1. The van der Waals surface area contributed by atoms with Crippen LogP contribution in [0.1, 0.15) is 24.4 Å². The molecule has 1 heterocycles. The highest BCUT2D eigenvalue weighted by Crippen LogP contribution is 2.37. The van der Waals surface area contributed by atoms with E-state index in [1.165, 1.54) is 12.1 Å². The number of nitrogens with two attached hydrogens (primary N) is 1. The van der Waals surface area contributed by atoms with Crippen LogP contribution in [0.2, 0.25) is 0 Å². The Kier molecular flexibility index (Phi) is 3.05. The summed E-state index contributed by atoms with van der Waals surface area (Å²) in [6.45, 7) is 0.636. The van der Waals surface area contributed by atoms with E-state index in [2.05, 4.69) is 20.9 Å². The Bertz CT molecular complexity index is 571. The van der Waals surface area contributed by atoms with E-state index in [-0.39, 0.29) is 17.7 Å². The first-order valence-corrected chi connectivity index (χ1v) is 6.95. The summed E-state index contributed by atoms with van der Waals surface area (Å²) in [7, 11) is 0. The topological polar surface area (TPSA) is 58.7 Å². The van der Waals surface area contributed by atoms with Gasteiger partial charge in [-0.2, -0.15) is 4.99 Å². The Morgan fingerprint density at radius 2 is 2.21 bits per heavy atom. The van der Waals surface area contributed by atoms with Crippen molar-refractivity contribution in [3.05, 3.63) is 34.1 Å². The van der Waals surface area contributed by atoms with Gasteiger partial charge in [0.1, 0.15) is 17.7 Å². The summed E-state index contributed by atoms with van der Waals surface area (Å²) in [5, 5.41) is 0. The quantitative estimate of drug-likeness (QED) is 0.928. The lowest BCUT2D eigenvalue weighted by Gasteiger charge is -2.25. The first-order chi connectivity index (χ1) is 9.06. The second-order valence-corrected chi connectivity index (χ2v) is 5.84. The average Bonchev–Trinajstić information content (AvgIpc) is 3.11. The van der Waals surface area contributed by atoms with Crippen molar-refractivity contribution < 1.29 is 9.18 Å². The van der Waals surface area contributed by atoms with Crippen LogP contribution in [0, 0.1) is 11.7 Å². The fourth-order valence-electron chi connectivity index (χ4n) is 2.32. The fourth-order valence-corrected chi connectivity index (χ4v) is 2.78. The third-order valence-corrected chi connectivity index (χ3v) is 4.19. The van der Waals surface area contributed by atoms with Crippen LogP contribution in [0.25, 0.3) is 0 Å². The lowest BCUT2D eigenvalue weighted by atomic mass is 10.0. The molecule has 1 aliphatic carbocycles. The zero-order chi connectivity index (χ0) is 13.6. The lowest BCUT2D eigenvalue weighted by molar-refractivity contribution is 0.203. The molecule has 1 aliphatic heterocycles. The molecule has 1 atom stereocenters. The molecule has 19 heavy (non-hydrogen) atoms. The smallest absolute Gasteiger partial charge is 0.346 e. The highest BCUT2D eigenvalue weighted by molar-refractivity contribution is 9.10. The van der Waals surface area contributed by atoms with Gasteiger partial charge in [0.2, 0.25) is 0 Å². The summed E-state index contributed by atoms with van der Waals surface area (Å²) in [5.41, 5.74) is 6.50. The zero-order valence-electron chi connectivity index (χ0n) is 10.1. The van der Waals surface area contributed by atoms with E-state index in [9.17, 15) is 9.18 Å². The number of hydrogen-bond acceptors (Lipinski definition) is 2. The van der Waals surface area contributed by atoms with E-state index in [1.54, 1.807) is 11.0 Å². The highest BCUT2D eigenvalue weighted by atomic mass is 79.9. The van der Waals surface area contributed by atoms with Crippen LogP contribution in [0.15, 0.2) is 27.7 Å². The molecule has 3 rings (SSSR count). The van der Waals surface area contributed by atoms with Crippen molar-refractivity contribution in [3.8, 4) is 0 Å². The van der Waals surface area contributed by atoms with Crippen LogP contribution < -0.4 is 5.73 Å². The molecule has 1 saturated carbocycles. The van der Waals surface area contributed by atoms with Crippen molar-refractivity contribution in [2.24, 2.45) is 16.6 Å². The highest BCUT2D eigenvalue weighted by Gasteiger charge is 2.39. The molecular weight excluding hydrogens is 313 g/mol. The normalized spacial score (nSPS) is 22.8. The van der Waals surface area contributed by atoms with Gasteiger partial charge in [0, 0.05) is 11.0 Å². The first kappa shape index (κ1) is 12.6. The molecule has 2 amide bonds. The molecule has 6 heteroatoms. The van der Waals surface area contributed by atoms with Gasteiger partial charge < -0.3 is 10.6 Å². The fraction of sp³-hybridized carbons (Fsp3) is 0.385. The van der Waals surface area contributed by atoms with E-state index in [1.807, 2.05) is 0 Å². The monoisotopic (exact) mass is 325 g/mol. The number of nitrogens with zero attached hydrogens (tertiary/aromatic N) is 2. The second kappa shape index (κ2) is 4.59. The number of amidine groups is 1. The summed E-state index contributed by atoms with van der Waals surface area (Å²) in [6, 6.07) is 3.60. The summed E-state index contributed by atoms with van der Waals surface area (Å²) >= 11 is 3.38. The molecule has 1 fully saturated rings. The predicted molar refractivity (Wildman–Crippen MR) is 73.3 cm³/mol. The SMILES string of the molecule is NC1=NC(=O)N(CC2CC2)C1c1cc(F)ccc1Br. The van der Waals surface area contributed by atoms with Gasteiger partial charge in [0.15, 0.2) is 0 Å². The van der Waals surface area contributed by atoms with Crippen LogP contribution in [0.3, 0.4) is 0 Å². The maximum absolute atomic E-state index is 13.4. The minimum Gasteiger partial charge on any atom is -0.385 e. The van der Waals surface area contributed by atoms with Crippen molar-refractivity contribution >= 4 is 27.8 Å². The van der Waals surface area contributed by atoms with Crippen molar-refractivity contribution in [1.29, 1.82) is 0 Å². The molecule has 0 aromatic heterocycles. The first-order valence-electron chi connectivity index (χ1n) is 6.16. The van der Waals surface area contributed by atoms with Gasteiger partial charge in [-0.25, -0.2) is 9.18 Å². The summed E-state index contributed by atoms with van der Waals surface area (Å²) in [6.07, 6.45) is 2.25. The van der Waals surface area contributed by atoms with Crippen LogP contribution in [-0.4, -0.2) is 23.3 Å². The third-order valence-electron chi connectivity index (χ3n) is 3.47. The molecule has 4 nitrogen and oxygen atoms in total. The third kappa shape index (κ3) is 2.36. The van der Waals surface area contributed by atoms with Crippen LogP contribution >= 0.6 is 15.9 Å². The Balaban J connectivity index is 1.97. The Morgan fingerprint density at radius 3 is 2.89 bits per heavy atom. The van der Waals surface area contributed by atoms with Gasteiger partial charge in [-0.1, -0.05) is 15.9 Å². The number of carbonyl (C=O) groups excluding carboxylic acids is 1. The molecule has 100 valence electrons. The molecule has 0 saturated heterocycles. The number of amides is 2. The number of urea groups is 1. The van der Waals surface area contributed by atoms with Crippen LogP contribution in [0.5, 0.6) is 0 Å². The standard InChI is InChI=1S/C13H13BrFN3O/c14-10-4-3-8(15)5-9(10)11-12(16)17-13(19)18(11)6-7-1-2-7/h3-5,7,11H,1-2,6H2,(H2,16,17,19). The maximum atomic E-state index is 13.4. The molecule has 0 spiro atoms. The molecule has 2 N–H and O–H groups in total. The molecule has 2 aliphatic rings. The van der Waals surface area contributed by atoms with E-state index >= 15 is 0 Å². The van der Waals surface area contributed by atoms with Crippen LogP contribution in [0.4, 0.5) is 9.18 Å². The van der Waals surface area contributed by atoms with Gasteiger partial charge >= 0.3 is 6.03 Å². The molecule has 1 aromatic rings. The van der Waals surface area contributed by atoms with Gasteiger partial charge in [0.25, 0.3) is 0 Å². The largest absolute Gasteiger partial charge is 0.385 e. The number of aliphatic imine (C=N–C) groups is 1. The maximum Gasteiger partial charge on any atom is 0.346 e. The number of halogens is 2. The van der Waals surface area contributed by atoms with Gasteiger partial charge in [0.05, 0.1) is 0 Å². The number of rotatable bonds is 3. The zero-order valence-corrected chi connectivity index (χ0v) is 11.7. The van der Waals surface area contributed by atoms with Gasteiger partial charge in [-0.05, 0) is 42.5 Å². The van der Waals surface area contributed by atoms with Crippen molar-refractivity contribution in [1.82, 2.24) is 4.90 Å². The average molecular weight is 326 g/mol. The van der Waals surface area contributed by atoms with Gasteiger partial charge in [-0.15, -0.1) is 0 Å². The molecule has 0 radical (unpaired) electrons. The molecule has 1 aromatic carbocycles. The van der Waals surface area contributed by atoms with Crippen molar-refractivity contribution in [2.45, 2.75) is 18.9 Å². The number of hydrogen-bond donors (Lipinski definition) is 1. The summed E-state index contributed by atoms with van der Waals surface area (Å²) < 4.78 is 14.2. The molecule has 1 unspecified atom stereocenters. The summed E-state index contributed by atoms with van der Waals surface area (Å²) in [4.78, 5) is 17.3. The minimum absolute atomic E-state index is 0.233. The predicted octanol–water partition coefficient (Wildman–Crippen LogP) is 2.83. The second-order valence-electron chi connectivity index (χ2n) is 4.98. The van der Waals surface area contributed by atoms with Crippen molar-refractivity contribution in [2.75, 3.05) is 6.54 Å². The van der Waals surface area contributed by atoms with E-state index in [0.29, 0.717) is 18.0 Å². The van der Waals surface area contributed by atoms with Crippen molar-refractivity contribution in [3.63, 3.8) is 0 Å². The molecular formula is C13H13BrFN3O. The van der Waals surface area contributed by atoms with E-state index < -0.39 is 6.04 Å². The Labute approximate surface area is 118 Å². The Morgan fingerprint density at radius 1 is 1.47 bits per heavy atom. The molecule has 0 bridgehead atoms. The van der Waals surface area contributed by atoms with Gasteiger partial charge in [-0.3, -0.25) is 0 Å². The Hall–Kier alpha value is -1.43. The number of benzene rings is 1. The minimum atomic E-state index is -0.460. The van der Waals surface area contributed by atoms with Crippen LogP contribution in [-0.2, 0) is 0 Å². The van der Waals surface area contributed by atoms with E-state index in [0.717, 1.165) is 17.3 Å². The van der Waals surface area contributed by atoms with E-state index in [4.69, 9.17) is 5.73 Å². The summed E-state index contributed by atoms with van der Waals surface area (Å²) in [5.74, 6) is 0.411. The lowest BCUT2D eigenvalue weighted by Crippen LogP contribution is -2.35.